The van der Waals surface area contributed by atoms with Gasteiger partial charge in [-0.15, -0.1) is 0 Å². The fourth-order valence-electron chi connectivity index (χ4n) is 3.75. The van der Waals surface area contributed by atoms with Crippen LogP contribution in [0.15, 0.2) is 41.1 Å². The number of amides is 1. The summed E-state index contributed by atoms with van der Waals surface area (Å²) in [5, 5.41) is 11.3. The van der Waals surface area contributed by atoms with Crippen LogP contribution >= 0.6 is 0 Å². The second kappa shape index (κ2) is 7.39. The fraction of sp³-hybridized carbons (Fsp3) is 0.381. The highest BCUT2D eigenvalue weighted by molar-refractivity contribution is 5.79. The fourth-order valence-corrected chi connectivity index (χ4v) is 3.75. The van der Waals surface area contributed by atoms with E-state index in [1.54, 1.807) is 6.20 Å². The first-order chi connectivity index (χ1) is 13.1. The molecule has 0 bridgehead atoms. The number of benzene rings is 1. The third-order valence-corrected chi connectivity index (χ3v) is 5.19. The molecule has 1 aromatic carbocycles. The van der Waals surface area contributed by atoms with Crippen molar-refractivity contribution in [1.29, 1.82) is 0 Å². The standard InChI is InChI=1S/C21H24N4O2/c1-14-6-8-16(9-7-14)12-20(26)25-10-4-3-5-18(25)21-17(13-22-23-21)19-11-15(2)24-27-19/h6-9,11,13,18H,3-5,10,12H2,1-2H3,(H,22,23)/t18-/m1/s1. The molecule has 27 heavy (non-hydrogen) atoms. The predicted octanol–water partition coefficient (Wildman–Crippen LogP) is 3.98. The van der Waals surface area contributed by atoms with E-state index in [-0.39, 0.29) is 11.9 Å². The number of aryl methyl sites for hydroxylation is 2. The number of H-pyrrole nitrogens is 1. The van der Waals surface area contributed by atoms with Gasteiger partial charge in [0.15, 0.2) is 5.76 Å². The maximum Gasteiger partial charge on any atom is 0.227 e. The van der Waals surface area contributed by atoms with Crippen LogP contribution in [0.1, 0.15) is 47.8 Å². The number of rotatable bonds is 4. The van der Waals surface area contributed by atoms with E-state index in [1.165, 1.54) is 5.56 Å². The molecule has 0 spiro atoms. The molecule has 1 atom stereocenters. The Morgan fingerprint density at radius 3 is 2.81 bits per heavy atom. The molecule has 1 aliphatic rings. The number of aromatic nitrogens is 3. The van der Waals surface area contributed by atoms with Gasteiger partial charge in [0.05, 0.1) is 35.6 Å². The first-order valence-electron chi connectivity index (χ1n) is 9.44. The zero-order valence-corrected chi connectivity index (χ0v) is 15.7. The molecule has 1 fully saturated rings. The molecule has 0 saturated carbocycles. The quantitative estimate of drug-likeness (QED) is 0.760. The van der Waals surface area contributed by atoms with Crippen molar-refractivity contribution < 1.29 is 9.32 Å². The molecule has 0 unspecified atom stereocenters. The highest BCUT2D eigenvalue weighted by atomic mass is 16.5. The van der Waals surface area contributed by atoms with Crippen LogP contribution in [0.25, 0.3) is 11.3 Å². The second-order valence-corrected chi connectivity index (χ2v) is 7.29. The van der Waals surface area contributed by atoms with Crippen molar-refractivity contribution in [3.8, 4) is 11.3 Å². The van der Waals surface area contributed by atoms with Crippen LogP contribution in [0, 0.1) is 13.8 Å². The van der Waals surface area contributed by atoms with Crippen molar-refractivity contribution in [1.82, 2.24) is 20.3 Å². The third-order valence-electron chi connectivity index (χ3n) is 5.19. The Morgan fingerprint density at radius 2 is 2.07 bits per heavy atom. The van der Waals surface area contributed by atoms with Crippen LogP contribution < -0.4 is 0 Å². The Hall–Kier alpha value is -2.89. The average molecular weight is 364 g/mol. The molecule has 4 rings (SSSR count). The molecule has 6 heteroatoms. The van der Waals surface area contributed by atoms with E-state index in [0.29, 0.717) is 12.2 Å². The average Bonchev–Trinajstić information content (AvgIpc) is 3.32. The summed E-state index contributed by atoms with van der Waals surface area (Å²) in [7, 11) is 0. The molecule has 1 aliphatic heterocycles. The number of aromatic amines is 1. The van der Waals surface area contributed by atoms with Gasteiger partial charge in [-0.25, -0.2) is 0 Å². The normalized spacial score (nSPS) is 17.3. The lowest BCUT2D eigenvalue weighted by atomic mass is 9.95. The Kier molecular flexibility index (Phi) is 4.79. The zero-order chi connectivity index (χ0) is 18.8. The van der Waals surface area contributed by atoms with E-state index < -0.39 is 0 Å². The van der Waals surface area contributed by atoms with Gasteiger partial charge in [-0.05, 0) is 38.7 Å². The molecule has 1 N–H and O–H groups in total. The van der Waals surface area contributed by atoms with Gasteiger partial charge in [0.1, 0.15) is 0 Å². The van der Waals surface area contributed by atoms with Gasteiger partial charge in [0.2, 0.25) is 5.91 Å². The predicted molar refractivity (Wildman–Crippen MR) is 102 cm³/mol. The van der Waals surface area contributed by atoms with Crippen molar-refractivity contribution in [2.24, 2.45) is 0 Å². The Morgan fingerprint density at radius 1 is 1.26 bits per heavy atom. The van der Waals surface area contributed by atoms with Crippen LogP contribution in [-0.4, -0.2) is 32.7 Å². The third kappa shape index (κ3) is 3.65. The number of hydrogen-bond acceptors (Lipinski definition) is 4. The number of piperidine rings is 1. The summed E-state index contributed by atoms with van der Waals surface area (Å²) in [5.41, 5.74) is 4.89. The summed E-state index contributed by atoms with van der Waals surface area (Å²) in [6.07, 6.45) is 5.21. The van der Waals surface area contributed by atoms with Gasteiger partial charge in [-0.3, -0.25) is 9.89 Å². The van der Waals surface area contributed by atoms with Gasteiger partial charge >= 0.3 is 0 Å². The minimum Gasteiger partial charge on any atom is -0.356 e. The lowest BCUT2D eigenvalue weighted by Gasteiger charge is -2.35. The van der Waals surface area contributed by atoms with Crippen molar-refractivity contribution in [2.75, 3.05) is 6.54 Å². The van der Waals surface area contributed by atoms with Crippen molar-refractivity contribution >= 4 is 5.91 Å². The molecule has 3 aromatic rings. The van der Waals surface area contributed by atoms with Crippen molar-refractivity contribution in [2.45, 2.75) is 45.6 Å². The largest absolute Gasteiger partial charge is 0.356 e. The highest BCUT2D eigenvalue weighted by Crippen LogP contribution is 2.36. The minimum absolute atomic E-state index is 0.0143. The van der Waals surface area contributed by atoms with Gasteiger partial charge in [0, 0.05) is 12.6 Å². The first kappa shape index (κ1) is 17.5. The monoisotopic (exact) mass is 364 g/mol. The lowest BCUT2D eigenvalue weighted by molar-refractivity contribution is -0.134. The number of likely N-dealkylation sites (tertiary alicyclic amines) is 1. The summed E-state index contributed by atoms with van der Waals surface area (Å²) in [5.74, 6) is 0.839. The van der Waals surface area contributed by atoms with Crippen molar-refractivity contribution in [3.05, 3.63) is 59.0 Å². The van der Waals surface area contributed by atoms with Crippen LogP contribution in [0.3, 0.4) is 0 Å². The maximum absolute atomic E-state index is 13.1. The molecular formula is C21H24N4O2. The minimum atomic E-state index is -0.0143. The first-order valence-corrected chi connectivity index (χ1v) is 9.44. The molecule has 140 valence electrons. The lowest BCUT2D eigenvalue weighted by Crippen LogP contribution is -2.39. The van der Waals surface area contributed by atoms with E-state index in [2.05, 4.69) is 34.4 Å². The van der Waals surface area contributed by atoms with E-state index >= 15 is 0 Å². The van der Waals surface area contributed by atoms with Gasteiger partial charge in [0.25, 0.3) is 0 Å². The molecule has 3 heterocycles. The Bertz CT molecular complexity index is 926. The van der Waals surface area contributed by atoms with E-state index in [4.69, 9.17) is 4.52 Å². The molecule has 6 nitrogen and oxygen atoms in total. The van der Waals surface area contributed by atoms with Crippen molar-refractivity contribution in [3.63, 3.8) is 0 Å². The molecule has 0 aliphatic carbocycles. The summed E-state index contributed by atoms with van der Waals surface area (Å²) in [4.78, 5) is 15.1. The number of nitrogens with one attached hydrogen (secondary N) is 1. The molecule has 2 aromatic heterocycles. The second-order valence-electron chi connectivity index (χ2n) is 7.29. The maximum atomic E-state index is 13.1. The number of hydrogen-bond donors (Lipinski definition) is 1. The Balaban J connectivity index is 1.59. The Labute approximate surface area is 158 Å². The van der Waals surface area contributed by atoms with Gasteiger partial charge in [-0.2, -0.15) is 5.10 Å². The topological polar surface area (TPSA) is 75.0 Å². The number of nitrogens with zero attached hydrogens (tertiary/aromatic N) is 3. The van der Waals surface area contributed by atoms with Crippen LogP contribution in [0.5, 0.6) is 0 Å². The van der Waals surface area contributed by atoms with Gasteiger partial charge < -0.3 is 9.42 Å². The highest BCUT2D eigenvalue weighted by Gasteiger charge is 2.31. The number of carbonyl (C=O) groups excluding carboxylic acids is 1. The molecule has 0 radical (unpaired) electrons. The summed E-state index contributed by atoms with van der Waals surface area (Å²) < 4.78 is 5.43. The summed E-state index contributed by atoms with van der Waals surface area (Å²) in [6, 6.07) is 10.1. The summed E-state index contributed by atoms with van der Waals surface area (Å²) in [6.45, 7) is 4.71. The smallest absolute Gasteiger partial charge is 0.227 e. The van der Waals surface area contributed by atoms with Crippen LogP contribution in [0.4, 0.5) is 0 Å². The zero-order valence-electron chi connectivity index (χ0n) is 15.7. The summed E-state index contributed by atoms with van der Waals surface area (Å²) >= 11 is 0. The number of carbonyl (C=O) groups is 1. The van der Waals surface area contributed by atoms with E-state index in [0.717, 1.165) is 48.3 Å². The SMILES string of the molecule is Cc1ccc(CC(=O)N2CCCC[C@@H]2c2[nH]ncc2-c2cc(C)no2)cc1. The van der Waals surface area contributed by atoms with Crippen LogP contribution in [-0.2, 0) is 11.2 Å². The van der Waals surface area contributed by atoms with E-state index in [1.807, 2.05) is 30.0 Å². The molecule has 1 saturated heterocycles. The van der Waals surface area contributed by atoms with Crippen LogP contribution in [0.2, 0.25) is 0 Å². The van der Waals surface area contributed by atoms with Gasteiger partial charge in [-0.1, -0.05) is 35.0 Å². The molecule has 1 amide bonds. The van der Waals surface area contributed by atoms with E-state index in [9.17, 15) is 4.79 Å². The molecular weight excluding hydrogens is 340 g/mol.